The first-order valence-electron chi connectivity index (χ1n) is 11.5. The van der Waals surface area contributed by atoms with Gasteiger partial charge in [-0.05, 0) is 53.4 Å². The first-order chi connectivity index (χ1) is 17.1. The molecule has 0 bridgehead atoms. The summed E-state index contributed by atoms with van der Waals surface area (Å²) in [6.07, 6.45) is 3.29. The van der Waals surface area contributed by atoms with E-state index in [4.69, 9.17) is 9.15 Å². The lowest BCUT2D eigenvalue weighted by Gasteiger charge is -2.35. The molecule has 0 radical (unpaired) electrons. The molecule has 0 aliphatic carbocycles. The van der Waals surface area contributed by atoms with E-state index in [-0.39, 0.29) is 11.8 Å². The number of nitrogens with one attached hydrogen (secondary N) is 1. The van der Waals surface area contributed by atoms with Crippen LogP contribution >= 0.6 is 0 Å². The van der Waals surface area contributed by atoms with Gasteiger partial charge >= 0.3 is 0 Å². The number of rotatable bonds is 6. The lowest BCUT2D eigenvalue weighted by atomic mass is 10.1. The van der Waals surface area contributed by atoms with Crippen LogP contribution in [0.2, 0.25) is 0 Å². The predicted molar refractivity (Wildman–Crippen MR) is 133 cm³/mol. The summed E-state index contributed by atoms with van der Waals surface area (Å²) < 4.78 is 10.4. The van der Waals surface area contributed by atoms with Crippen molar-refractivity contribution in [2.45, 2.75) is 6.54 Å². The largest absolute Gasteiger partial charge is 0.497 e. The Morgan fingerprint density at radius 3 is 2.54 bits per heavy atom. The number of nitrogens with zero attached hydrogens (tertiary/aromatic N) is 3. The fraction of sp³-hybridized carbons (Fsp3) is 0.222. The molecule has 8 nitrogen and oxygen atoms in total. The van der Waals surface area contributed by atoms with Crippen LogP contribution in [0, 0.1) is 0 Å². The summed E-state index contributed by atoms with van der Waals surface area (Å²) in [5.74, 6) is 1.70. The van der Waals surface area contributed by atoms with E-state index in [0.717, 1.165) is 27.9 Å². The molecule has 1 N–H and O–H groups in total. The number of aromatic nitrogens is 1. The van der Waals surface area contributed by atoms with Gasteiger partial charge < -0.3 is 24.3 Å². The number of amides is 2. The Kier molecular flexibility index (Phi) is 6.34. The van der Waals surface area contributed by atoms with Gasteiger partial charge in [0.2, 0.25) is 0 Å². The van der Waals surface area contributed by atoms with E-state index in [1.165, 1.54) is 6.26 Å². The average Bonchev–Trinajstić information content (AvgIpc) is 3.46. The van der Waals surface area contributed by atoms with Crippen LogP contribution < -0.4 is 15.0 Å². The van der Waals surface area contributed by atoms with E-state index < -0.39 is 0 Å². The van der Waals surface area contributed by atoms with Crippen molar-refractivity contribution in [2.24, 2.45) is 0 Å². The van der Waals surface area contributed by atoms with Crippen molar-refractivity contribution in [1.82, 2.24) is 15.2 Å². The van der Waals surface area contributed by atoms with Crippen LogP contribution in [-0.4, -0.2) is 55.0 Å². The van der Waals surface area contributed by atoms with E-state index in [1.54, 1.807) is 30.3 Å². The number of fused-ring (bicyclic) bond motifs is 1. The monoisotopic (exact) mass is 470 g/mol. The third-order valence-electron chi connectivity index (χ3n) is 6.22. The van der Waals surface area contributed by atoms with Crippen molar-refractivity contribution in [3.63, 3.8) is 0 Å². The zero-order chi connectivity index (χ0) is 24.2. The van der Waals surface area contributed by atoms with E-state index in [2.05, 4.69) is 15.2 Å². The zero-order valence-electron chi connectivity index (χ0n) is 19.4. The number of benzene rings is 2. The highest BCUT2D eigenvalue weighted by Crippen LogP contribution is 2.27. The Morgan fingerprint density at radius 2 is 1.83 bits per heavy atom. The minimum absolute atomic E-state index is 0.101. The van der Waals surface area contributed by atoms with Crippen LogP contribution in [0.3, 0.4) is 0 Å². The molecule has 0 unspecified atom stereocenters. The van der Waals surface area contributed by atoms with Gasteiger partial charge in [0.1, 0.15) is 11.6 Å². The number of hydrogen-bond acceptors (Lipinski definition) is 6. The zero-order valence-corrected chi connectivity index (χ0v) is 19.4. The maximum Gasteiger partial charge on any atom is 0.289 e. The molecule has 3 heterocycles. The lowest BCUT2D eigenvalue weighted by Crippen LogP contribution is -2.49. The summed E-state index contributed by atoms with van der Waals surface area (Å²) in [6.45, 7) is 2.85. The van der Waals surface area contributed by atoms with Gasteiger partial charge in [-0.1, -0.05) is 18.2 Å². The third kappa shape index (κ3) is 4.82. The summed E-state index contributed by atoms with van der Waals surface area (Å²) in [5.41, 5.74) is 1.57. The molecule has 0 saturated carbocycles. The lowest BCUT2D eigenvalue weighted by molar-refractivity contribution is 0.0714. The minimum atomic E-state index is -0.147. The Hall–Kier alpha value is -4.33. The summed E-state index contributed by atoms with van der Waals surface area (Å²) in [4.78, 5) is 34.0. The molecule has 8 heteroatoms. The molecule has 0 atom stereocenters. The molecule has 5 rings (SSSR count). The fourth-order valence-electron chi connectivity index (χ4n) is 4.25. The van der Waals surface area contributed by atoms with Crippen molar-refractivity contribution in [3.8, 4) is 5.75 Å². The molecule has 1 saturated heterocycles. The molecule has 2 amide bonds. The molecular weight excluding hydrogens is 444 g/mol. The van der Waals surface area contributed by atoms with Crippen LogP contribution in [0.5, 0.6) is 5.75 Å². The highest BCUT2D eigenvalue weighted by molar-refractivity contribution is 6.01. The van der Waals surface area contributed by atoms with Gasteiger partial charge in [-0.2, -0.15) is 0 Å². The average molecular weight is 471 g/mol. The normalized spacial score (nSPS) is 13.6. The summed E-state index contributed by atoms with van der Waals surface area (Å²) in [7, 11) is 1.62. The molecule has 1 aliphatic rings. The van der Waals surface area contributed by atoms with Crippen LogP contribution in [0.25, 0.3) is 10.8 Å². The molecule has 178 valence electrons. The molecule has 2 aromatic carbocycles. The molecule has 1 fully saturated rings. The predicted octanol–water partition coefficient (Wildman–Crippen LogP) is 3.73. The van der Waals surface area contributed by atoms with Crippen LogP contribution in [0.15, 0.2) is 77.5 Å². The minimum Gasteiger partial charge on any atom is -0.497 e. The standard InChI is InChI=1S/C27H26N4O4/c1-34-22-8-4-19(5-9-22)18-29-26(32)21-7-6-20-10-11-28-25(23(20)17-21)30-12-14-31(15-13-30)27(33)24-3-2-16-35-24/h2-11,16-17H,12-15,18H2,1H3,(H,29,32). The molecule has 35 heavy (non-hydrogen) atoms. The number of methoxy groups -OCH3 is 1. The van der Waals surface area contributed by atoms with Crippen LogP contribution in [-0.2, 0) is 6.54 Å². The first-order valence-corrected chi connectivity index (χ1v) is 11.5. The molecule has 1 aliphatic heterocycles. The quantitative estimate of drug-likeness (QED) is 0.462. The number of hydrogen-bond donors (Lipinski definition) is 1. The van der Waals surface area contributed by atoms with Gasteiger partial charge in [-0.3, -0.25) is 9.59 Å². The van der Waals surface area contributed by atoms with E-state index in [0.29, 0.717) is 44.0 Å². The van der Waals surface area contributed by atoms with Crippen LogP contribution in [0.1, 0.15) is 26.5 Å². The highest BCUT2D eigenvalue weighted by Gasteiger charge is 2.25. The van der Waals surface area contributed by atoms with Gasteiger partial charge in [0, 0.05) is 49.9 Å². The van der Waals surface area contributed by atoms with Gasteiger partial charge in [0.15, 0.2) is 5.76 Å². The maximum absolute atomic E-state index is 12.9. The second-order valence-corrected chi connectivity index (χ2v) is 8.36. The van der Waals surface area contributed by atoms with Crippen molar-refractivity contribution in [1.29, 1.82) is 0 Å². The van der Waals surface area contributed by atoms with Gasteiger partial charge in [-0.15, -0.1) is 0 Å². The van der Waals surface area contributed by atoms with Gasteiger partial charge in [0.25, 0.3) is 11.8 Å². The summed E-state index contributed by atoms with van der Waals surface area (Å²) in [5, 5.41) is 4.90. The number of anilines is 1. The van der Waals surface area contributed by atoms with Gasteiger partial charge in [0.05, 0.1) is 13.4 Å². The number of piperazine rings is 1. The second kappa shape index (κ2) is 9.89. The molecule has 0 spiro atoms. The Balaban J connectivity index is 1.29. The fourth-order valence-corrected chi connectivity index (χ4v) is 4.25. The van der Waals surface area contributed by atoms with Gasteiger partial charge in [-0.25, -0.2) is 4.98 Å². The maximum atomic E-state index is 12.9. The van der Waals surface area contributed by atoms with E-state index in [1.807, 2.05) is 48.5 Å². The second-order valence-electron chi connectivity index (χ2n) is 8.36. The molecular formula is C27H26N4O4. The number of carbonyl (C=O) groups excluding carboxylic acids is 2. The third-order valence-corrected chi connectivity index (χ3v) is 6.22. The van der Waals surface area contributed by atoms with Crippen molar-refractivity contribution >= 4 is 28.4 Å². The Morgan fingerprint density at radius 1 is 1.03 bits per heavy atom. The molecule has 4 aromatic rings. The van der Waals surface area contributed by atoms with Crippen LogP contribution in [0.4, 0.5) is 5.82 Å². The van der Waals surface area contributed by atoms with Crippen molar-refractivity contribution in [2.75, 3.05) is 38.2 Å². The number of ether oxygens (including phenoxy) is 1. The SMILES string of the molecule is COc1ccc(CNC(=O)c2ccc3ccnc(N4CCN(C(=O)c5ccco5)CC4)c3c2)cc1. The van der Waals surface area contributed by atoms with E-state index >= 15 is 0 Å². The number of carbonyl (C=O) groups is 2. The number of pyridine rings is 1. The highest BCUT2D eigenvalue weighted by atomic mass is 16.5. The summed E-state index contributed by atoms with van der Waals surface area (Å²) in [6, 6.07) is 18.6. The topological polar surface area (TPSA) is 87.9 Å². The summed E-state index contributed by atoms with van der Waals surface area (Å²) >= 11 is 0. The Bertz CT molecular complexity index is 1330. The first kappa shape index (κ1) is 22.5. The number of furan rings is 1. The Labute approximate surface area is 203 Å². The van der Waals surface area contributed by atoms with Crippen molar-refractivity contribution in [3.05, 3.63) is 90.0 Å². The van der Waals surface area contributed by atoms with E-state index in [9.17, 15) is 9.59 Å². The molecule has 2 aromatic heterocycles. The smallest absolute Gasteiger partial charge is 0.289 e. The van der Waals surface area contributed by atoms with Crippen molar-refractivity contribution < 1.29 is 18.7 Å².